The molecule has 0 fully saturated rings. The predicted octanol–water partition coefficient (Wildman–Crippen LogP) is 2.59. The molecule has 158 valence electrons. The highest BCUT2D eigenvalue weighted by molar-refractivity contribution is 5.76. The minimum atomic E-state index is -0.871. The zero-order chi connectivity index (χ0) is 21.1. The van der Waals surface area contributed by atoms with Crippen molar-refractivity contribution < 1.29 is 28.8 Å². The third-order valence-electron chi connectivity index (χ3n) is 4.23. The number of rotatable bonds is 12. The number of carbonyl (C=O) groups excluding carboxylic acids is 1. The van der Waals surface area contributed by atoms with Gasteiger partial charge in [0.15, 0.2) is 11.5 Å². The van der Waals surface area contributed by atoms with Gasteiger partial charge in [0.05, 0.1) is 20.8 Å². The Bertz CT molecular complexity index is 757. The second-order valence-electron chi connectivity index (χ2n) is 6.30. The van der Waals surface area contributed by atoms with Gasteiger partial charge in [0.1, 0.15) is 18.5 Å². The van der Waals surface area contributed by atoms with Gasteiger partial charge in [-0.2, -0.15) is 0 Å². The van der Waals surface area contributed by atoms with Crippen LogP contribution in [0.2, 0.25) is 0 Å². The van der Waals surface area contributed by atoms with E-state index >= 15 is 0 Å². The first-order valence-corrected chi connectivity index (χ1v) is 9.58. The monoisotopic (exact) mass is 403 g/mol. The van der Waals surface area contributed by atoms with E-state index < -0.39 is 6.10 Å². The van der Waals surface area contributed by atoms with E-state index in [9.17, 15) is 9.90 Å². The molecule has 1 atom stereocenters. The summed E-state index contributed by atoms with van der Waals surface area (Å²) in [5, 5.41) is 12.9. The van der Waals surface area contributed by atoms with Crippen LogP contribution in [0.15, 0.2) is 42.5 Å². The predicted molar refractivity (Wildman–Crippen MR) is 110 cm³/mol. The van der Waals surface area contributed by atoms with Gasteiger partial charge in [-0.15, -0.1) is 0 Å². The van der Waals surface area contributed by atoms with Gasteiger partial charge in [-0.1, -0.05) is 24.3 Å². The van der Waals surface area contributed by atoms with Crippen molar-refractivity contribution in [3.63, 3.8) is 0 Å². The fourth-order valence-electron chi connectivity index (χ4n) is 2.77. The third kappa shape index (κ3) is 6.87. The summed E-state index contributed by atoms with van der Waals surface area (Å²) in [5.41, 5.74) is 0.983. The lowest BCUT2D eigenvalue weighted by molar-refractivity contribution is -0.121. The van der Waals surface area contributed by atoms with Gasteiger partial charge < -0.3 is 29.4 Å². The van der Waals surface area contributed by atoms with E-state index in [2.05, 4.69) is 5.32 Å². The molecule has 1 amide bonds. The van der Waals surface area contributed by atoms with Crippen LogP contribution in [0.1, 0.15) is 18.9 Å². The van der Waals surface area contributed by atoms with E-state index in [-0.39, 0.29) is 19.1 Å². The van der Waals surface area contributed by atoms with Gasteiger partial charge in [-0.25, -0.2) is 0 Å². The van der Waals surface area contributed by atoms with Crippen LogP contribution in [0, 0.1) is 0 Å². The maximum absolute atomic E-state index is 12.1. The van der Waals surface area contributed by atoms with E-state index in [4.69, 9.17) is 18.9 Å². The van der Waals surface area contributed by atoms with E-state index in [1.807, 2.05) is 31.2 Å². The Hall–Kier alpha value is -2.93. The van der Waals surface area contributed by atoms with Gasteiger partial charge >= 0.3 is 0 Å². The summed E-state index contributed by atoms with van der Waals surface area (Å²) in [6.45, 7) is 2.58. The van der Waals surface area contributed by atoms with Crippen molar-refractivity contribution in [2.24, 2.45) is 0 Å². The van der Waals surface area contributed by atoms with E-state index in [1.54, 1.807) is 18.2 Å². The Morgan fingerprint density at radius 2 is 1.66 bits per heavy atom. The first-order chi connectivity index (χ1) is 14.1. The van der Waals surface area contributed by atoms with Crippen molar-refractivity contribution in [2.45, 2.75) is 25.9 Å². The number of aliphatic hydroxyl groups is 1. The number of para-hydroxylation sites is 2. The Balaban J connectivity index is 1.78. The maximum atomic E-state index is 12.1. The average Bonchev–Trinajstić information content (AvgIpc) is 2.75. The molecule has 0 saturated carbocycles. The zero-order valence-electron chi connectivity index (χ0n) is 17.1. The summed E-state index contributed by atoms with van der Waals surface area (Å²) >= 11 is 0. The van der Waals surface area contributed by atoms with Crippen LogP contribution in [0.5, 0.6) is 23.0 Å². The number of nitrogens with one attached hydrogen (secondary N) is 1. The molecule has 1 unspecified atom stereocenters. The molecule has 0 radical (unpaired) electrons. The molecule has 7 nitrogen and oxygen atoms in total. The molecule has 0 aromatic heterocycles. The number of ether oxygens (including phenoxy) is 4. The van der Waals surface area contributed by atoms with Gasteiger partial charge in [-0.3, -0.25) is 4.79 Å². The van der Waals surface area contributed by atoms with Crippen LogP contribution < -0.4 is 24.3 Å². The van der Waals surface area contributed by atoms with Crippen molar-refractivity contribution in [1.82, 2.24) is 5.32 Å². The normalized spacial score (nSPS) is 11.4. The molecule has 0 saturated heterocycles. The fraction of sp³-hybridized carbons (Fsp3) is 0.409. The first kappa shape index (κ1) is 22.4. The Morgan fingerprint density at radius 1 is 1.00 bits per heavy atom. The summed E-state index contributed by atoms with van der Waals surface area (Å²) in [4.78, 5) is 12.1. The Labute approximate surface area is 171 Å². The summed E-state index contributed by atoms with van der Waals surface area (Å²) in [5.74, 6) is 2.07. The van der Waals surface area contributed by atoms with Crippen LogP contribution >= 0.6 is 0 Å². The summed E-state index contributed by atoms with van der Waals surface area (Å²) in [6.07, 6.45) is -0.00496. The van der Waals surface area contributed by atoms with Crippen molar-refractivity contribution >= 4 is 5.91 Å². The highest BCUT2D eigenvalue weighted by Gasteiger charge is 2.14. The minimum Gasteiger partial charge on any atom is -0.494 e. The summed E-state index contributed by atoms with van der Waals surface area (Å²) in [7, 11) is 3.06. The zero-order valence-corrected chi connectivity index (χ0v) is 17.1. The number of methoxy groups -OCH3 is 2. The first-order valence-electron chi connectivity index (χ1n) is 9.58. The summed E-state index contributed by atoms with van der Waals surface area (Å²) in [6, 6.07) is 12.9. The van der Waals surface area contributed by atoms with E-state index in [0.29, 0.717) is 36.7 Å². The number of aryl methyl sites for hydroxylation is 1. The molecular weight excluding hydrogens is 374 g/mol. The lowest BCUT2D eigenvalue weighted by atomic mass is 10.1. The number of hydrogen-bond acceptors (Lipinski definition) is 6. The number of amides is 1. The molecule has 0 heterocycles. The molecule has 2 rings (SSSR count). The second kappa shape index (κ2) is 11.8. The average molecular weight is 403 g/mol. The van der Waals surface area contributed by atoms with Crippen molar-refractivity contribution in [3.8, 4) is 23.0 Å². The van der Waals surface area contributed by atoms with Crippen LogP contribution in [0.25, 0.3) is 0 Å². The van der Waals surface area contributed by atoms with E-state index in [0.717, 1.165) is 11.3 Å². The molecule has 0 aliphatic carbocycles. The minimum absolute atomic E-state index is 0.00974. The highest BCUT2D eigenvalue weighted by Crippen LogP contribution is 2.36. The van der Waals surface area contributed by atoms with Crippen molar-refractivity contribution in [2.75, 3.05) is 34.0 Å². The molecule has 2 aromatic rings. The quantitative estimate of drug-likeness (QED) is 0.567. The van der Waals surface area contributed by atoms with Crippen LogP contribution in [0.4, 0.5) is 0 Å². The standard InChI is InChI=1S/C22H29NO6/c1-4-28-18-9-6-5-8-16(18)12-13-21(25)23-14-17(24)15-29-22-19(26-2)10-7-11-20(22)27-3/h5-11,17,24H,4,12-15H2,1-3H3,(H,23,25). The molecular formula is C22H29NO6. The smallest absolute Gasteiger partial charge is 0.220 e. The molecule has 2 aromatic carbocycles. The van der Waals surface area contributed by atoms with Gasteiger partial charge in [0, 0.05) is 13.0 Å². The third-order valence-corrected chi connectivity index (χ3v) is 4.23. The van der Waals surface area contributed by atoms with Gasteiger partial charge in [0.25, 0.3) is 0 Å². The highest BCUT2D eigenvalue weighted by atomic mass is 16.5. The molecule has 2 N–H and O–H groups in total. The van der Waals surface area contributed by atoms with Crippen LogP contribution in [-0.4, -0.2) is 51.1 Å². The molecule has 0 aliphatic rings. The lowest BCUT2D eigenvalue weighted by Gasteiger charge is -2.17. The molecule has 0 aliphatic heterocycles. The number of aliphatic hydroxyl groups excluding tert-OH is 1. The fourth-order valence-corrected chi connectivity index (χ4v) is 2.77. The Kier molecular flexibility index (Phi) is 9.11. The maximum Gasteiger partial charge on any atom is 0.220 e. The van der Waals surface area contributed by atoms with Crippen LogP contribution in [0.3, 0.4) is 0 Å². The van der Waals surface area contributed by atoms with Crippen molar-refractivity contribution in [1.29, 1.82) is 0 Å². The van der Waals surface area contributed by atoms with Gasteiger partial charge in [-0.05, 0) is 37.1 Å². The lowest BCUT2D eigenvalue weighted by Crippen LogP contribution is -2.35. The molecule has 29 heavy (non-hydrogen) atoms. The Morgan fingerprint density at radius 3 is 2.31 bits per heavy atom. The SMILES string of the molecule is CCOc1ccccc1CCC(=O)NCC(O)COc1c(OC)cccc1OC. The molecule has 0 bridgehead atoms. The molecule has 0 spiro atoms. The topological polar surface area (TPSA) is 86.3 Å². The van der Waals surface area contributed by atoms with Crippen molar-refractivity contribution in [3.05, 3.63) is 48.0 Å². The van der Waals surface area contributed by atoms with E-state index in [1.165, 1.54) is 14.2 Å². The number of benzene rings is 2. The van der Waals surface area contributed by atoms with Crippen LogP contribution in [-0.2, 0) is 11.2 Å². The largest absolute Gasteiger partial charge is 0.494 e. The number of carbonyl (C=O) groups is 1. The second-order valence-corrected chi connectivity index (χ2v) is 6.30. The van der Waals surface area contributed by atoms with Gasteiger partial charge in [0.2, 0.25) is 11.7 Å². The molecule has 7 heteroatoms. The summed E-state index contributed by atoms with van der Waals surface area (Å²) < 4.78 is 21.7. The number of hydrogen-bond donors (Lipinski definition) is 2.